The second kappa shape index (κ2) is 10.5. The van der Waals surface area contributed by atoms with E-state index in [0.29, 0.717) is 0 Å². The van der Waals surface area contributed by atoms with Crippen LogP contribution in [0.1, 0.15) is 12.8 Å². The van der Waals surface area contributed by atoms with E-state index >= 15 is 0 Å². The summed E-state index contributed by atoms with van der Waals surface area (Å²) >= 11 is 0. The lowest BCUT2D eigenvalue weighted by Crippen LogP contribution is -2.47. The van der Waals surface area contributed by atoms with Crippen LogP contribution in [0.2, 0.25) is 0 Å². The maximum absolute atomic E-state index is 10.5. The molecule has 0 saturated carbocycles. The summed E-state index contributed by atoms with van der Waals surface area (Å²) in [7, 11) is 0. The van der Waals surface area contributed by atoms with Gasteiger partial charge >= 0.3 is 0 Å². The van der Waals surface area contributed by atoms with Gasteiger partial charge in [-0.25, -0.2) is 0 Å². The standard InChI is InChI=1S/C12H20N2O8/c15-9(16)1-3-13(4-2-10(17)18)5-6-14(7-11(19)20)8-12(21)22/h1-8H2,(H,15,16)(H,17,18)(H,19,20)(H,21,22)/p-4. The first kappa shape index (κ1) is 19.8. The van der Waals surface area contributed by atoms with Gasteiger partial charge < -0.3 is 44.5 Å². The number of carbonyl (C=O) groups excluding carboxylic acids is 4. The summed E-state index contributed by atoms with van der Waals surface area (Å²) in [5.74, 6) is -5.59. The molecule has 0 aromatic heterocycles. The highest BCUT2D eigenvalue weighted by Crippen LogP contribution is 1.97. The Morgan fingerprint density at radius 2 is 0.909 bits per heavy atom. The molecule has 0 N–H and O–H groups in total. The van der Waals surface area contributed by atoms with Crippen molar-refractivity contribution >= 4 is 23.9 Å². The van der Waals surface area contributed by atoms with Crippen molar-refractivity contribution in [3.8, 4) is 0 Å². The zero-order valence-corrected chi connectivity index (χ0v) is 11.8. The van der Waals surface area contributed by atoms with E-state index in [2.05, 4.69) is 0 Å². The summed E-state index contributed by atoms with van der Waals surface area (Å²) in [5, 5.41) is 41.9. The van der Waals surface area contributed by atoms with Crippen molar-refractivity contribution in [1.29, 1.82) is 0 Å². The molecule has 0 aromatic carbocycles. The van der Waals surface area contributed by atoms with Crippen molar-refractivity contribution in [3.05, 3.63) is 0 Å². The second-order valence-corrected chi connectivity index (χ2v) is 4.54. The van der Waals surface area contributed by atoms with E-state index in [9.17, 15) is 39.6 Å². The van der Waals surface area contributed by atoms with Gasteiger partial charge in [0.25, 0.3) is 0 Å². The van der Waals surface area contributed by atoms with Crippen molar-refractivity contribution < 1.29 is 39.6 Å². The van der Waals surface area contributed by atoms with Gasteiger partial charge in [0, 0.05) is 51.2 Å². The van der Waals surface area contributed by atoms with Crippen molar-refractivity contribution in [3.63, 3.8) is 0 Å². The largest absolute Gasteiger partial charge is 0.550 e. The number of rotatable bonds is 13. The van der Waals surface area contributed by atoms with E-state index in [-0.39, 0.29) is 39.0 Å². The highest BCUT2D eigenvalue weighted by molar-refractivity contribution is 5.70. The Labute approximate surface area is 126 Å². The second-order valence-electron chi connectivity index (χ2n) is 4.54. The van der Waals surface area contributed by atoms with Gasteiger partial charge in [0.15, 0.2) is 0 Å². The lowest BCUT2D eigenvalue weighted by molar-refractivity contribution is -0.311. The van der Waals surface area contributed by atoms with Crippen LogP contribution >= 0.6 is 0 Å². The molecule has 0 aliphatic heterocycles. The highest BCUT2D eigenvalue weighted by atomic mass is 16.4. The summed E-state index contributed by atoms with van der Waals surface area (Å²) in [6, 6.07) is 0. The molecule has 0 rings (SSSR count). The first-order chi connectivity index (χ1) is 10.2. The van der Waals surface area contributed by atoms with Crippen LogP contribution in [-0.2, 0) is 19.2 Å². The summed E-state index contributed by atoms with van der Waals surface area (Å²) in [6.45, 7) is -1.27. The van der Waals surface area contributed by atoms with Gasteiger partial charge in [0.2, 0.25) is 0 Å². The normalized spacial score (nSPS) is 10.8. The average Bonchev–Trinajstić information content (AvgIpc) is 2.35. The molecule has 0 saturated heterocycles. The third kappa shape index (κ3) is 11.6. The number of nitrogens with zero attached hydrogens (tertiary/aromatic N) is 2. The fourth-order valence-corrected chi connectivity index (χ4v) is 1.70. The molecular formula is C12H16N2O8-4. The Morgan fingerprint density at radius 1 is 0.545 bits per heavy atom. The van der Waals surface area contributed by atoms with Crippen LogP contribution in [0.3, 0.4) is 0 Å². The number of carboxylic acids is 4. The zero-order valence-electron chi connectivity index (χ0n) is 11.8. The van der Waals surface area contributed by atoms with E-state index in [0.717, 1.165) is 4.90 Å². The number of hydrogen-bond acceptors (Lipinski definition) is 10. The van der Waals surface area contributed by atoms with Crippen molar-refractivity contribution in [2.75, 3.05) is 39.3 Å². The molecule has 22 heavy (non-hydrogen) atoms. The molecule has 0 heterocycles. The lowest BCUT2D eigenvalue weighted by Gasteiger charge is -2.28. The molecule has 0 atom stereocenters. The average molecular weight is 316 g/mol. The highest BCUT2D eigenvalue weighted by Gasteiger charge is 2.10. The monoisotopic (exact) mass is 316 g/mol. The Balaban J connectivity index is 4.50. The van der Waals surface area contributed by atoms with Crippen LogP contribution < -0.4 is 20.4 Å². The predicted molar refractivity (Wildman–Crippen MR) is 62.1 cm³/mol. The maximum Gasteiger partial charge on any atom is 0.0555 e. The van der Waals surface area contributed by atoms with Crippen molar-refractivity contribution in [2.45, 2.75) is 12.8 Å². The van der Waals surface area contributed by atoms with E-state index in [4.69, 9.17) is 0 Å². The van der Waals surface area contributed by atoms with Gasteiger partial charge in [-0.05, 0) is 12.8 Å². The van der Waals surface area contributed by atoms with Crippen LogP contribution in [-0.4, -0.2) is 72.9 Å². The first-order valence-corrected chi connectivity index (χ1v) is 6.44. The van der Waals surface area contributed by atoms with E-state index in [1.54, 1.807) is 0 Å². The summed E-state index contributed by atoms with van der Waals surface area (Å²) in [5.41, 5.74) is 0. The van der Waals surface area contributed by atoms with Crippen LogP contribution in [0.4, 0.5) is 0 Å². The van der Waals surface area contributed by atoms with Crippen LogP contribution in [0.15, 0.2) is 0 Å². The van der Waals surface area contributed by atoms with E-state index < -0.39 is 37.0 Å². The number of carboxylic acid groups (broad SMARTS) is 4. The Bertz CT molecular complexity index is 378. The van der Waals surface area contributed by atoms with Gasteiger partial charge in [0.05, 0.1) is 11.9 Å². The number of hydrogen-bond donors (Lipinski definition) is 0. The fourth-order valence-electron chi connectivity index (χ4n) is 1.70. The molecular weight excluding hydrogens is 300 g/mol. The van der Waals surface area contributed by atoms with E-state index in [1.165, 1.54) is 4.90 Å². The van der Waals surface area contributed by atoms with Gasteiger partial charge in [0.1, 0.15) is 0 Å². The van der Waals surface area contributed by atoms with Crippen LogP contribution in [0.25, 0.3) is 0 Å². The molecule has 0 fully saturated rings. The minimum atomic E-state index is -1.47. The Kier molecular flexibility index (Phi) is 9.46. The topological polar surface area (TPSA) is 167 Å². The molecule has 0 aliphatic carbocycles. The summed E-state index contributed by atoms with van der Waals surface area (Å²) < 4.78 is 0. The van der Waals surface area contributed by atoms with Crippen molar-refractivity contribution in [2.24, 2.45) is 0 Å². The third-order valence-electron chi connectivity index (χ3n) is 2.70. The molecule has 0 aliphatic rings. The predicted octanol–water partition coefficient (Wildman–Crippen LogP) is -6.63. The van der Waals surface area contributed by atoms with Crippen LogP contribution in [0, 0.1) is 0 Å². The third-order valence-corrected chi connectivity index (χ3v) is 2.70. The van der Waals surface area contributed by atoms with Gasteiger partial charge in [-0.3, -0.25) is 4.90 Å². The molecule has 0 radical (unpaired) electrons. The van der Waals surface area contributed by atoms with E-state index in [1.807, 2.05) is 0 Å². The summed E-state index contributed by atoms with van der Waals surface area (Å²) in [6.07, 6.45) is -0.679. The Hall–Kier alpha value is -2.20. The minimum Gasteiger partial charge on any atom is -0.550 e. The molecule has 0 amide bonds. The minimum absolute atomic E-state index is 0.0138. The molecule has 0 aromatic rings. The van der Waals surface area contributed by atoms with Gasteiger partial charge in [-0.2, -0.15) is 0 Å². The van der Waals surface area contributed by atoms with Gasteiger partial charge in [-0.1, -0.05) is 0 Å². The molecule has 10 heteroatoms. The smallest absolute Gasteiger partial charge is 0.0555 e. The molecule has 126 valence electrons. The fraction of sp³-hybridized carbons (Fsp3) is 0.667. The molecule has 10 nitrogen and oxygen atoms in total. The number of carbonyl (C=O) groups is 4. The maximum atomic E-state index is 10.5. The Morgan fingerprint density at radius 3 is 1.23 bits per heavy atom. The van der Waals surface area contributed by atoms with Crippen LogP contribution in [0.5, 0.6) is 0 Å². The first-order valence-electron chi connectivity index (χ1n) is 6.44. The van der Waals surface area contributed by atoms with Crippen molar-refractivity contribution in [1.82, 2.24) is 9.80 Å². The lowest BCUT2D eigenvalue weighted by atomic mass is 10.3. The molecule has 0 bridgehead atoms. The van der Waals surface area contributed by atoms with Gasteiger partial charge in [-0.15, -0.1) is 0 Å². The molecule has 0 spiro atoms. The molecule has 0 unspecified atom stereocenters. The summed E-state index contributed by atoms with van der Waals surface area (Å²) in [4.78, 5) is 44.3. The SMILES string of the molecule is O=C([O-])CCN(CCC(=O)[O-])CCN(CC(=O)[O-])CC(=O)[O-]. The zero-order chi connectivity index (χ0) is 17.1. The number of aliphatic carboxylic acids is 4. The quantitative estimate of drug-likeness (QED) is 0.318.